The van der Waals surface area contributed by atoms with Gasteiger partial charge in [0, 0.05) is 17.9 Å². The third-order valence-corrected chi connectivity index (χ3v) is 4.03. The molecule has 1 unspecified atom stereocenters. The van der Waals surface area contributed by atoms with Crippen LogP contribution in [0.2, 0.25) is 0 Å². The van der Waals surface area contributed by atoms with Gasteiger partial charge in [-0.05, 0) is 25.7 Å². The number of nitrogens with zero attached hydrogens (tertiary/aromatic N) is 2. The van der Waals surface area contributed by atoms with E-state index < -0.39 is 6.04 Å². The fourth-order valence-electron chi connectivity index (χ4n) is 2.51. The second kappa shape index (κ2) is 17.0. The molecule has 0 spiro atoms. The normalized spacial score (nSPS) is 12.2. The molecule has 0 aliphatic carbocycles. The fraction of sp³-hybridized carbons (Fsp3) is 0.833. The summed E-state index contributed by atoms with van der Waals surface area (Å²) in [5, 5.41) is 15.8. The number of hydrogen-bond donors (Lipinski definition) is 1. The Morgan fingerprint density at radius 2 is 1.76 bits per heavy atom. The van der Waals surface area contributed by atoms with Gasteiger partial charge in [-0.3, -0.25) is 14.9 Å². The molecule has 144 valence electrons. The summed E-state index contributed by atoms with van der Waals surface area (Å²) in [6, 6.07) is -0.863. The number of carbonyl (C=O) groups is 1. The predicted molar refractivity (Wildman–Crippen MR) is 100 cm³/mol. The SMILES string of the molecule is CCCCCCCC=CCNC(=O)C(CCCCCC[N+](=O)[O-])N=O. The minimum absolute atomic E-state index is 0.0270. The average molecular weight is 355 g/mol. The number of carbonyl (C=O) groups excluding carboxylic acids is 1. The minimum atomic E-state index is -0.863. The standard InChI is InChI=1S/C18H33N3O4/c1-2-3-4-5-6-7-9-12-15-19-18(22)17(20-23)14-11-8-10-13-16-21(24)25/h9,12,17H,2-8,10-11,13-16H2,1H3,(H,19,22). The van der Waals surface area contributed by atoms with Gasteiger partial charge in [-0.25, -0.2) is 0 Å². The van der Waals surface area contributed by atoms with Gasteiger partial charge in [0.25, 0.3) is 0 Å². The topological polar surface area (TPSA) is 102 Å². The Morgan fingerprint density at radius 1 is 1.08 bits per heavy atom. The van der Waals surface area contributed by atoms with Crippen molar-refractivity contribution < 1.29 is 9.72 Å². The molecule has 1 atom stereocenters. The molecule has 0 fully saturated rings. The summed E-state index contributed by atoms with van der Waals surface area (Å²) in [7, 11) is 0. The van der Waals surface area contributed by atoms with Crippen molar-refractivity contribution in [3.05, 3.63) is 27.2 Å². The van der Waals surface area contributed by atoms with Crippen molar-refractivity contribution in [1.29, 1.82) is 0 Å². The lowest BCUT2D eigenvalue weighted by Crippen LogP contribution is -2.33. The van der Waals surface area contributed by atoms with Crippen molar-refractivity contribution >= 4 is 5.91 Å². The molecular formula is C18H33N3O4. The van der Waals surface area contributed by atoms with Crippen molar-refractivity contribution in [3.8, 4) is 0 Å². The molecule has 0 bridgehead atoms. The van der Waals surface area contributed by atoms with Crippen molar-refractivity contribution in [2.45, 2.75) is 83.6 Å². The van der Waals surface area contributed by atoms with E-state index in [0.29, 0.717) is 25.8 Å². The quantitative estimate of drug-likeness (QED) is 0.137. The fourth-order valence-corrected chi connectivity index (χ4v) is 2.51. The molecule has 0 saturated heterocycles. The molecule has 0 aromatic rings. The van der Waals surface area contributed by atoms with Gasteiger partial charge in [-0.2, -0.15) is 0 Å². The Balaban J connectivity index is 3.69. The van der Waals surface area contributed by atoms with Crippen LogP contribution in [0, 0.1) is 15.0 Å². The Bertz CT molecular complexity index is 400. The summed E-state index contributed by atoms with van der Waals surface area (Å²) < 4.78 is 0. The van der Waals surface area contributed by atoms with Crippen LogP contribution in [0.25, 0.3) is 0 Å². The van der Waals surface area contributed by atoms with Gasteiger partial charge in [0.1, 0.15) is 0 Å². The molecule has 1 N–H and O–H groups in total. The lowest BCUT2D eigenvalue weighted by atomic mass is 10.1. The van der Waals surface area contributed by atoms with Crippen LogP contribution in [-0.4, -0.2) is 30.0 Å². The van der Waals surface area contributed by atoms with Gasteiger partial charge in [-0.1, -0.05) is 62.8 Å². The summed E-state index contributed by atoms with van der Waals surface area (Å²) in [6.07, 6.45) is 14.3. The Morgan fingerprint density at radius 3 is 2.44 bits per heavy atom. The predicted octanol–water partition coefficient (Wildman–Crippen LogP) is 4.38. The number of nitro groups is 1. The van der Waals surface area contributed by atoms with E-state index in [4.69, 9.17) is 0 Å². The van der Waals surface area contributed by atoms with Crippen LogP contribution < -0.4 is 5.32 Å². The van der Waals surface area contributed by atoms with Gasteiger partial charge in [0.05, 0.1) is 0 Å². The number of allylic oxidation sites excluding steroid dienone is 1. The van der Waals surface area contributed by atoms with Crippen LogP contribution in [0.4, 0.5) is 0 Å². The summed E-state index contributed by atoms with van der Waals surface area (Å²) in [5.41, 5.74) is 0. The molecular weight excluding hydrogens is 322 g/mol. The molecule has 1 amide bonds. The van der Waals surface area contributed by atoms with Gasteiger partial charge >= 0.3 is 0 Å². The minimum Gasteiger partial charge on any atom is -0.351 e. The largest absolute Gasteiger partial charge is 0.351 e. The van der Waals surface area contributed by atoms with Crippen LogP contribution in [0.5, 0.6) is 0 Å². The molecule has 0 radical (unpaired) electrons. The second-order valence-corrected chi connectivity index (χ2v) is 6.30. The van der Waals surface area contributed by atoms with Gasteiger partial charge < -0.3 is 5.32 Å². The van der Waals surface area contributed by atoms with E-state index in [-0.39, 0.29) is 17.4 Å². The molecule has 7 heteroatoms. The number of hydrogen-bond acceptors (Lipinski definition) is 5. The van der Waals surface area contributed by atoms with Gasteiger partial charge in [0.2, 0.25) is 12.5 Å². The van der Waals surface area contributed by atoms with Crippen LogP contribution in [0.15, 0.2) is 17.3 Å². The van der Waals surface area contributed by atoms with E-state index in [1.54, 1.807) is 0 Å². The number of amides is 1. The smallest absolute Gasteiger partial charge is 0.248 e. The number of rotatable bonds is 17. The molecule has 0 heterocycles. The summed E-state index contributed by atoms with van der Waals surface area (Å²) in [5.74, 6) is -0.340. The number of unbranched alkanes of at least 4 members (excludes halogenated alkanes) is 8. The molecule has 0 aliphatic heterocycles. The number of nitroso groups, excluding NO2 is 1. The first-order valence-electron chi connectivity index (χ1n) is 9.48. The summed E-state index contributed by atoms with van der Waals surface area (Å²) in [4.78, 5) is 32.5. The molecule has 0 aromatic heterocycles. The van der Waals surface area contributed by atoms with Crippen LogP contribution in [0.3, 0.4) is 0 Å². The molecule has 0 saturated carbocycles. The van der Waals surface area contributed by atoms with E-state index in [9.17, 15) is 19.8 Å². The van der Waals surface area contributed by atoms with E-state index in [0.717, 1.165) is 19.3 Å². The van der Waals surface area contributed by atoms with Crippen molar-refractivity contribution in [2.75, 3.05) is 13.1 Å². The molecule has 0 aliphatic rings. The van der Waals surface area contributed by atoms with Crippen molar-refractivity contribution in [1.82, 2.24) is 5.32 Å². The van der Waals surface area contributed by atoms with Gasteiger partial charge in [-0.15, -0.1) is 4.91 Å². The zero-order chi connectivity index (χ0) is 18.8. The Kier molecular flexibility index (Phi) is 15.8. The van der Waals surface area contributed by atoms with E-state index in [2.05, 4.69) is 23.5 Å². The highest BCUT2D eigenvalue weighted by atomic mass is 16.6. The summed E-state index contributed by atoms with van der Waals surface area (Å²) >= 11 is 0. The Hall–Kier alpha value is -1.79. The lowest BCUT2D eigenvalue weighted by molar-refractivity contribution is -0.480. The van der Waals surface area contributed by atoms with Crippen LogP contribution >= 0.6 is 0 Å². The highest BCUT2D eigenvalue weighted by Gasteiger charge is 2.17. The second-order valence-electron chi connectivity index (χ2n) is 6.30. The molecule has 25 heavy (non-hydrogen) atoms. The maximum Gasteiger partial charge on any atom is 0.248 e. The maximum atomic E-state index is 11.9. The number of nitrogens with one attached hydrogen (secondary N) is 1. The third kappa shape index (κ3) is 15.5. The molecule has 7 nitrogen and oxygen atoms in total. The molecule has 0 rings (SSSR count). The third-order valence-electron chi connectivity index (χ3n) is 4.03. The van der Waals surface area contributed by atoms with Crippen molar-refractivity contribution in [3.63, 3.8) is 0 Å². The maximum absolute atomic E-state index is 11.9. The van der Waals surface area contributed by atoms with Gasteiger partial charge in [0.15, 0.2) is 6.04 Å². The average Bonchev–Trinajstić information content (AvgIpc) is 2.59. The van der Waals surface area contributed by atoms with Crippen LogP contribution in [-0.2, 0) is 4.79 Å². The monoisotopic (exact) mass is 355 g/mol. The Labute approximate surface area is 150 Å². The van der Waals surface area contributed by atoms with E-state index in [1.807, 2.05) is 6.08 Å². The first-order valence-corrected chi connectivity index (χ1v) is 9.48. The van der Waals surface area contributed by atoms with E-state index in [1.165, 1.54) is 32.1 Å². The highest BCUT2D eigenvalue weighted by Crippen LogP contribution is 2.09. The first-order chi connectivity index (χ1) is 12.1. The highest BCUT2D eigenvalue weighted by molar-refractivity contribution is 5.81. The van der Waals surface area contributed by atoms with Crippen molar-refractivity contribution in [2.24, 2.45) is 5.18 Å². The zero-order valence-corrected chi connectivity index (χ0v) is 15.5. The molecule has 0 aromatic carbocycles. The lowest BCUT2D eigenvalue weighted by Gasteiger charge is -2.08. The van der Waals surface area contributed by atoms with Crippen LogP contribution in [0.1, 0.15) is 77.6 Å². The van der Waals surface area contributed by atoms with E-state index >= 15 is 0 Å². The first kappa shape index (κ1) is 23.2. The summed E-state index contributed by atoms with van der Waals surface area (Å²) in [6.45, 7) is 2.59. The zero-order valence-electron chi connectivity index (χ0n) is 15.5.